The monoisotopic (exact) mass is 318 g/mol. The first-order valence-electron chi connectivity index (χ1n) is 8.19. The molecule has 2 atom stereocenters. The Morgan fingerprint density at radius 3 is 1.80 bits per heavy atom. The fourth-order valence-electron chi connectivity index (χ4n) is 3.20. The first kappa shape index (κ1) is 18.4. The normalized spacial score (nSPS) is 31.8. The van der Waals surface area contributed by atoms with Crippen LogP contribution in [-0.2, 0) is 4.43 Å². The standard InChI is InChI=1S/C15H34O3Si2/c1-7-9-13(16)15(14(17)10-8-2)11-12-19(3,4)20(5,6)18-15/h13-14,16-17H,7-12H2,1-6H3. The topological polar surface area (TPSA) is 49.7 Å². The molecule has 3 nitrogen and oxygen atoms in total. The van der Waals surface area contributed by atoms with E-state index in [-0.39, 0.29) is 0 Å². The van der Waals surface area contributed by atoms with Crippen molar-refractivity contribution in [1.29, 1.82) is 0 Å². The molecule has 0 aromatic heterocycles. The number of rotatable bonds is 6. The van der Waals surface area contributed by atoms with Crippen LogP contribution in [0.25, 0.3) is 0 Å². The SMILES string of the molecule is CCCC(O)C1(C(O)CCC)CC[Si](C)(C)[Si](C)(C)O1. The van der Waals surface area contributed by atoms with Crippen molar-refractivity contribution in [1.82, 2.24) is 0 Å². The van der Waals surface area contributed by atoms with Gasteiger partial charge in [-0.05, 0) is 32.4 Å². The second kappa shape index (κ2) is 6.61. The van der Waals surface area contributed by atoms with Crippen molar-refractivity contribution < 1.29 is 14.6 Å². The lowest BCUT2D eigenvalue weighted by molar-refractivity contribution is -0.141. The molecule has 1 aliphatic heterocycles. The summed E-state index contributed by atoms with van der Waals surface area (Å²) in [6, 6.07) is 1.16. The van der Waals surface area contributed by atoms with E-state index in [9.17, 15) is 10.2 Å². The van der Waals surface area contributed by atoms with Gasteiger partial charge in [0.2, 0.25) is 0 Å². The lowest BCUT2D eigenvalue weighted by Crippen LogP contribution is -2.70. The highest BCUT2D eigenvalue weighted by atomic mass is 29.3. The zero-order valence-corrected chi connectivity index (χ0v) is 16.2. The molecule has 1 rings (SSSR count). The van der Waals surface area contributed by atoms with Gasteiger partial charge < -0.3 is 14.6 Å². The van der Waals surface area contributed by atoms with Crippen molar-refractivity contribution in [3.63, 3.8) is 0 Å². The van der Waals surface area contributed by atoms with Crippen LogP contribution in [0.3, 0.4) is 0 Å². The van der Waals surface area contributed by atoms with Crippen LogP contribution in [0.5, 0.6) is 0 Å². The summed E-state index contributed by atoms with van der Waals surface area (Å²) in [5.74, 6) is 0. The van der Waals surface area contributed by atoms with Gasteiger partial charge in [0.1, 0.15) is 5.60 Å². The van der Waals surface area contributed by atoms with Gasteiger partial charge in [0.05, 0.1) is 19.8 Å². The van der Waals surface area contributed by atoms with E-state index in [4.69, 9.17) is 4.43 Å². The van der Waals surface area contributed by atoms with Gasteiger partial charge >= 0.3 is 0 Å². The maximum absolute atomic E-state index is 10.7. The highest BCUT2D eigenvalue weighted by Crippen LogP contribution is 2.44. The molecule has 20 heavy (non-hydrogen) atoms. The second-order valence-corrected chi connectivity index (χ2v) is 22.7. The van der Waals surface area contributed by atoms with Gasteiger partial charge in [0, 0.05) is 0 Å². The summed E-state index contributed by atoms with van der Waals surface area (Å²) in [4.78, 5) is 0. The molecule has 0 bridgehead atoms. The molecule has 0 saturated carbocycles. The first-order chi connectivity index (χ1) is 9.13. The highest BCUT2D eigenvalue weighted by molar-refractivity contribution is 7.38. The van der Waals surface area contributed by atoms with E-state index in [0.717, 1.165) is 25.3 Å². The molecule has 0 aromatic carbocycles. The summed E-state index contributed by atoms with van der Waals surface area (Å²) in [6.45, 7) is 13.5. The van der Waals surface area contributed by atoms with E-state index < -0.39 is 33.2 Å². The molecule has 1 fully saturated rings. The quantitative estimate of drug-likeness (QED) is 0.737. The van der Waals surface area contributed by atoms with E-state index in [1.165, 1.54) is 0 Å². The maximum atomic E-state index is 10.7. The van der Waals surface area contributed by atoms with Crippen LogP contribution < -0.4 is 0 Å². The van der Waals surface area contributed by atoms with Crippen LogP contribution in [0.15, 0.2) is 0 Å². The largest absolute Gasteiger partial charge is 0.409 e. The minimum Gasteiger partial charge on any atom is -0.409 e. The zero-order chi connectivity index (χ0) is 15.6. The van der Waals surface area contributed by atoms with Crippen molar-refractivity contribution in [2.24, 2.45) is 0 Å². The van der Waals surface area contributed by atoms with E-state index >= 15 is 0 Å². The molecule has 0 spiro atoms. The van der Waals surface area contributed by atoms with Crippen LogP contribution in [0, 0.1) is 0 Å². The zero-order valence-electron chi connectivity index (χ0n) is 14.2. The van der Waals surface area contributed by atoms with Crippen molar-refractivity contribution in [2.45, 2.75) is 96.0 Å². The minimum absolute atomic E-state index is 0.536. The summed E-state index contributed by atoms with van der Waals surface area (Å²) in [5.41, 5.74) is -0.704. The van der Waals surface area contributed by atoms with Gasteiger partial charge in [-0.15, -0.1) is 0 Å². The van der Waals surface area contributed by atoms with Gasteiger partial charge in [0.25, 0.3) is 0 Å². The highest BCUT2D eigenvalue weighted by Gasteiger charge is 2.57. The van der Waals surface area contributed by atoms with Gasteiger partial charge in [-0.3, -0.25) is 0 Å². The smallest absolute Gasteiger partial charge is 0.174 e. The van der Waals surface area contributed by atoms with Crippen LogP contribution in [0.2, 0.25) is 32.2 Å². The molecule has 2 unspecified atom stereocenters. The van der Waals surface area contributed by atoms with E-state index in [1.54, 1.807) is 0 Å². The summed E-state index contributed by atoms with van der Waals surface area (Å²) in [6.07, 6.45) is 3.03. The summed E-state index contributed by atoms with van der Waals surface area (Å²) < 4.78 is 6.61. The Labute approximate surface area is 126 Å². The lowest BCUT2D eigenvalue weighted by Gasteiger charge is -2.55. The molecule has 2 N–H and O–H groups in total. The Hall–Kier alpha value is 0.314. The maximum Gasteiger partial charge on any atom is 0.174 e. The van der Waals surface area contributed by atoms with Crippen molar-refractivity contribution in [3.05, 3.63) is 0 Å². The van der Waals surface area contributed by atoms with Crippen LogP contribution in [0.4, 0.5) is 0 Å². The Balaban J connectivity index is 3.07. The Bertz CT molecular complexity index is 306. The minimum atomic E-state index is -1.82. The predicted molar refractivity (Wildman–Crippen MR) is 90.0 cm³/mol. The number of hydrogen-bond donors (Lipinski definition) is 2. The van der Waals surface area contributed by atoms with Gasteiger partial charge in [-0.25, -0.2) is 0 Å². The molecule has 5 heteroatoms. The Morgan fingerprint density at radius 1 is 1.00 bits per heavy atom. The fraction of sp³-hybridized carbons (Fsp3) is 1.00. The third-order valence-corrected chi connectivity index (χ3v) is 22.0. The first-order valence-corrected chi connectivity index (χ1v) is 15.3. The van der Waals surface area contributed by atoms with Gasteiger partial charge in [0.15, 0.2) is 7.83 Å². The molecule has 0 radical (unpaired) electrons. The molecule has 0 aliphatic carbocycles. The average Bonchev–Trinajstić information content (AvgIpc) is 2.33. The third-order valence-electron chi connectivity index (χ3n) is 5.47. The molecular formula is C15H34O3Si2. The second-order valence-electron chi connectivity index (χ2n) is 7.56. The number of aliphatic hydroxyl groups is 2. The van der Waals surface area contributed by atoms with Crippen molar-refractivity contribution in [3.8, 4) is 0 Å². The Morgan fingerprint density at radius 2 is 1.45 bits per heavy atom. The van der Waals surface area contributed by atoms with Crippen LogP contribution >= 0.6 is 0 Å². The lowest BCUT2D eigenvalue weighted by atomic mass is 9.83. The van der Waals surface area contributed by atoms with Crippen molar-refractivity contribution in [2.75, 3.05) is 0 Å². The number of aliphatic hydroxyl groups excluding tert-OH is 2. The fourth-order valence-corrected chi connectivity index (χ4v) is 10.00. The van der Waals surface area contributed by atoms with Crippen LogP contribution in [-0.4, -0.2) is 43.4 Å². The van der Waals surface area contributed by atoms with Gasteiger partial charge in [-0.1, -0.05) is 45.8 Å². The summed E-state index contributed by atoms with van der Waals surface area (Å²) >= 11 is 0. The van der Waals surface area contributed by atoms with E-state index in [2.05, 4.69) is 40.0 Å². The molecule has 0 amide bonds. The summed E-state index contributed by atoms with van der Waals surface area (Å²) in [5, 5.41) is 21.4. The van der Waals surface area contributed by atoms with E-state index in [1.807, 2.05) is 0 Å². The van der Waals surface area contributed by atoms with Crippen molar-refractivity contribution >= 4 is 15.4 Å². The van der Waals surface area contributed by atoms with Crippen LogP contribution in [0.1, 0.15) is 46.0 Å². The Kier molecular flexibility index (Phi) is 6.07. The molecule has 0 aromatic rings. The average molecular weight is 319 g/mol. The molecule has 120 valence electrons. The van der Waals surface area contributed by atoms with Gasteiger partial charge in [-0.2, -0.15) is 0 Å². The summed E-state index contributed by atoms with van der Waals surface area (Å²) in [7, 11) is -3.17. The third kappa shape index (κ3) is 3.38. The molecule has 1 heterocycles. The number of hydrogen-bond acceptors (Lipinski definition) is 3. The molecule has 1 saturated heterocycles. The van der Waals surface area contributed by atoms with E-state index in [0.29, 0.717) is 12.8 Å². The molecular weight excluding hydrogens is 284 g/mol. The molecule has 1 aliphatic rings. The predicted octanol–water partition coefficient (Wildman–Crippen LogP) is 3.46.